The first-order valence-electron chi connectivity index (χ1n) is 10.7. The Balaban J connectivity index is 1.78. The smallest absolute Gasteiger partial charge is 0.243 e. The van der Waals surface area contributed by atoms with Crippen molar-refractivity contribution >= 4 is 10.0 Å². The maximum Gasteiger partial charge on any atom is 0.243 e. The van der Waals surface area contributed by atoms with Crippen LogP contribution in [0, 0.1) is 27.7 Å². The molecule has 0 amide bonds. The van der Waals surface area contributed by atoms with Crippen LogP contribution < -0.4 is 14.2 Å². The number of sulfonamides is 1. The largest absolute Gasteiger partial charge is 0.493 e. The van der Waals surface area contributed by atoms with Crippen LogP contribution in [0.3, 0.4) is 0 Å². The number of aryl methyl sites for hydroxylation is 2. The summed E-state index contributed by atoms with van der Waals surface area (Å²) in [5.41, 5.74) is 4.66. The molecule has 0 N–H and O–H groups in total. The Morgan fingerprint density at radius 1 is 0.812 bits per heavy atom. The van der Waals surface area contributed by atoms with Crippen LogP contribution in [0.15, 0.2) is 23.1 Å². The summed E-state index contributed by atoms with van der Waals surface area (Å²) in [6, 6.07) is 5.88. The molecule has 7 nitrogen and oxygen atoms in total. The third-order valence-corrected chi connectivity index (χ3v) is 8.58. The second kappa shape index (κ2) is 9.68. The van der Waals surface area contributed by atoms with Crippen molar-refractivity contribution in [3.05, 3.63) is 46.0 Å². The Morgan fingerprint density at radius 3 is 1.88 bits per heavy atom. The molecule has 3 rings (SSSR count). The summed E-state index contributed by atoms with van der Waals surface area (Å²) in [5.74, 6) is 1.82. The summed E-state index contributed by atoms with van der Waals surface area (Å²) >= 11 is 0. The third-order valence-electron chi connectivity index (χ3n) is 6.41. The first-order valence-corrected chi connectivity index (χ1v) is 12.2. The lowest BCUT2D eigenvalue weighted by molar-refractivity contribution is 0.179. The van der Waals surface area contributed by atoms with Crippen LogP contribution in [0.25, 0.3) is 0 Å². The highest BCUT2D eigenvalue weighted by Gasteiger charge is 2.32. The maximum absolute atomic E-state index is 13.5. The molecule has 0 aliphatic carbocycles. The van der Waals surface area contributed by atoms with E-state index in [-0.39, 0.29) is 0 Å². The summed E-state index contributed by atoms with van der Waals surface area (Å²) in [7, 11) is 1.24. The average Bonchev–Trinajstić information content (AvgIpc) is 2.77. The van der Waals surface area contributed by atoms with Gasteiger partial charge in [-0.2, -0.15) is 4.31 Å². The van der Waals surface area contributed by atoms with Gasteiger partial charge in [-0.05, 0) is 56.0 Å². The lowest BCUT2D eigenvalue weighted by Gasteiger charge is -2.35. The minimum Gasteiger partial charge on any atom is -0.493 e. The third kappa shape index (κ3) is 4.44. The standard InChI is InChI=1S/C24H34N2O5S/c1-16-14-17(2)19(4)24(18(16)3)32(27,28)26-12-10-25(11-13-26)15-20-8-9-21(29-5)23(31-7)22(20)30-6/h8-9,14H,10-13,15H2,1-7H3. The van der Waals surface area contributed by atoms with E-state index in [0.29, 0.717) is 54.9 Å². The highest BCUT2D eigenvalue weighted by Crippen LogP contribution is 2.40. The van der Waals surface area contributed by atoms with Crippen molar-refractivity contribution < 1.29 is 22.6 Å². The molecular formula is C24H34N2O5S. The minimum absolute atomic E-state index is 0.448. The van der Waals surface area contributed by atoms with Gasteiger partial charge in [-0.25, -0.2) is 8.42 Å². The first-order chi connectivity index (χ1) is 15.1. The lowest BCUT2D eigenvalue weighted by Crippen LogP contribution is -2.48. The van der Waals surface area contributed by atoms with E-state index in [1.54, 1.807) is 25.6 Å². The number of ether oxygens (including phenoxy) is 3. The lowest BCUT2D eigenvalue weighted by atomic mass is 10.0. The van der Waals surface area contributed by atoms with Gasteiger partial charge in [-0.1, -0.05) is 12.1 Å². The van der Waals surface area contributed by atoms with Crippen LogP contribution in [0.4, 0.5) is 0 Å². The molecular weight excluding hydrogens is 428 g/mol. The zero-order chi connectivity index (χ0) is 23.6. The number of hydrogen-bond acceptors (Lipinski definition) is 6. The molecule has 0 bridgehead atoms. The molecule has 0 unspecified atom stereocenters. The molecule has 1 aliphatic heterocycles. The number of piperazine rings is 1. The number of methoxy groups -OCH3 is 3. The van der Waals surface area contributed by atoms with E-state index in [2.05, 4.69) is 11.0 Å². The quantitative estimate of drug-likeness (QED) is 0.628. The summed E-state index contributed by atoms with van der Waals surface area (Å²) in [6.07, 6.45) is 0. The molecule has 1 aliphatic rings. The fraction of sp³-hybridized carbons (Fsp3) is 0.500. The predicted molar refractivity (Wildman–Crippen MR) is 126 cm³/mol. The topological polar surface area (TPSA) is 68.3 Å². The van der Waals surface area contributed by atoms with Crippen LogP contribution in [0.1, 0.15) is 27.8 Å². The Morgan fingerprint density at radius 2 is 1.38 bits per heavy atom. The van der Waals surface area contributed by atoms with Crippen molar-refractivity contribution in [2.75, 3.05) is 47.5 Å². The van der Waals surface area contributed by atoms with Gasteiger partial charge in [0.1, 0.15) is 0 Å². The fourth-order valence-electron chi connectivity index (χ4n) is 4.35. The predicted octanol–water partition coefficient (Wildman–Crippen LogP) is 3.45. The van der Waals surface area contributed by atoms with E-state index in [4.69, 9.17) is 14.2 Å². The Kier molecular flexibility index (Phi) is 7.37. The van der Waals surface area contributed by atoms with Crippen LogP contribution in [0.2, 0.25) is 0 Å². The van der Waals surface area contributed by atoms with Crippen molar-refractivity contribution in [1.82, 2.24) is 9.21 Å². The fourth-order valence-corrected chi connectivity index (χ4v) is 6.35. The normalized spacial score (nSPS) is 15.6. The van der Waals surface area contributed by atoms with Crippen LogP contribution in [-0.4, -0.2) is 65.1 Å². The van der Waals surface area contributed by atoms with Gasteiger partial charge in [0.2, 0.25) is 15.8 Å². The van der Waals surface area contributed by atoms with Gasteiger partial charge in [0.05, 0.1) is 26.2 Å². The zero-order valence-electron chi connectivity index (χ0n) is 20.1. The van der Waals surface area contributed by atoms with Crippen LogP contribution in [0.5, 0.6) is 17.2 Å². The van der Waals surface area contributed by atoms with Crippen LogP contribution in [-0.2, 0) is 16.6 Å². The molecule has 1 heterocycles. The highest BCUT2D eigenvalue weighted by molar-refractivity contribution is 7.89. The van der Waals surface area contributed by atoms with Gasteiger partial charge in [0.25, 0.3) is 0 Å². The molecule has 8 heteroatoms. The van der Waals surface area contributed by atoms with Crippen molar-refractivity contribution in [2.45, 2.75) is 39.1 Å². The van der Waals surface area contributed by atoms with E-state index < -0.39 is 10.0 Å². The number of rotatable bonds is 7. The van der Waals surface area contributed by atoms with Gasteiger partial charge < -0.3 is 14.2 Å². The molecule has 0 saturated carbocycles. The Hall–Kier alpha value is -2.29. The molecule has 32 heavy (non-hydrogen) atoms. The number of hydrogen-bond donors (Lipinski definition) is 0. The highest BCUT2D eigenvalue weighted by atomic mass is 32.2. The molecule has 2 aromatic carbocycles. The van der Waals surface area contributed by atoms with Crippen molar-refractivity contribution in [1.29, 1.82) is 0 Å². The van der Waals surface area contributed by atoms with Gasteiger partial charge >= 0.3 is 0 Å². The molecule has 176 valence electrons. The second-order valence-electron chi connectivity index (χ2n) is 8.26. The first kappa shape index (κ1) is 24.4. The molecule has 1 saturated heterocycles. The SMILES string of the molecule is COc1ccc(CN2CCN(S(=O)(=O)c3c(C)c(C)cc(C)c3C)CC2)c(OC)c1OC. The van der Waals surface area contributed by atoms with E-state index in [1.165, 1.54) is 0 Å². The van der Waals surface area contributed by atoms with E-state index in [1.807, 2.05) is 39.8 Å². The van der Waals surface area contributed by atoms with Crippen molar-refractivity contribution in [3.63, 3.8) is 0 Å². The van der Waals surface area contributed by atoms with Gasteiger partial charge in [0.15, 0.2) is 11.5 Å². The number of benzene rings is 2. The van der Waals surface area contributed by atoms with Crippen molar-refractivity contribution in [2.24, 2.45) is 0 Å². The molecule has 0 radical (unpaired) electrons. The van der Waals surface area contributed by atoms with Crippen molar-refractivity contribution in [3.8, 4) is 17.2 Å². The molecule has 1 fully saturated rings. The van der Waals surface area contributed by atoms with Gasteiger partial charge in [-0.15, -0.1) is 0 Å². The minimum atomic E-state index is -3.55. The molecule has 2 aromatic rings. The average molecular weight is 463 g/mol. The van der Waals surface area contributed by atoms with Gasteiger partial charge in [0, 0.05) is 38.3 Å². The summed E-state index contributed by atoms with van der Waals surface area (Å²) in [6.45, 7) is 10.5. The molecule has 0 aromatic heterocycles. The summed E-state index contributed by atoms with van der Waals surface area (Å²) in [5, 5.41) is 0. The summed E-state index contributed by atoms with van der Waals surface area (Å²) in [4.78, 5) is 2.70. The summed E-state index contributed by atoms with van der Waals surface area (Å²) < 4.78 is 45.1. The molecule has 0 atom stereocenters. The Bertz CT molecular complexity index is 1060. The monoisotopic (exact) mass is 462 g/mol. The number of nitrogens with zero attached hydrogens (tertiary/aromatic N) is 2. The van der Waals surface area contributed by atoms with Crippen LogP contribution >= 0.6 is 0 Å². The maximum atomic E-state index is 13.5. The van der Waals surface area contributed by atoms with E-state index in [9.17, 15) is 8.42 Å². The van der Waals surface area contributed by atoms with E-state index >= 15 is 0 Å². The van der Waals surface area contributed by atoms with E-state index in [0.717, 1.165) is 27.8 Å². The zero-order valence-corrected chi connectivity index (χ0v) is 20.9. The second-order valence-corrected chi connectivity index (χ2v) is 10.1. The Labute approximate surface area is 191 Å². The molecule has 0 spiro atoms. The van der Waals surface area contributed by atoms with Gasteiger partial charge in [-0.3, -0.25) is 4.90 Å².